The molecular weight excluding hydrogens is 267 g/mol. The van der Waals surface area contributed by atoms with Crippen molar-refractivity contribution in [3.05, 3.63) is 18.0 Å². The first kappa shape index (κ1) is 15.4. The van der Waals surface area contributed by atoms with Crippen molar-refractivity contribution in [2.45, 2.75) is 50.7 Å². The first-order valence-electron chi connectivity index (χ1n) is 7.17. The lowest BCUT2D eigenvalue weighted by Crippen LogP contribution is -2.38. The van der Waals surface area contributed by atoms with Gasteiger partial charge in [-0.15, -0.1) is 0 Å². The highest BCUT2D eigenvalue weighted by molar-refractivity contribution is 5.00. The number of nitrogens with zero attached hydrogens (tertiary/aromatic N) is 2. The van der Waals surface area contributed by atoms with Crippen LogP contribution in [0.2, 0.25) is 0 Å². The van der Waals surface area contributed by atoms with Gasteiger partial charge in [-0.25, -0.2) is 0 Å². The van der Waals surface area contributed by atoms with E-state index >= 15 is 0 Å². The van der Waals surface area contributed by atoms with E-state index in [0.717, 1.165) is 25.0 Å². The van der Waals surface area contributed by atoms with E-state index in [9.17, 15) is 13.2 Å². The summed E-state index contributed by atoms with van der Waals surface area (Å²) in [7, 11) is 1.86. The number of hydrogen-bond acceptors (Lipinski definition) is 2. The predicted octanol–water partition coefficient (Wildman–Crippen LogP) is 3.05. The van der Waals surface area contributed by atoms with E-state index in [1.807, 2.05) is 13.1 Å². The van der Waals surface area contributed by atoms with Gasteiger partial charge in [-0.3, -0.25) is 4.68 Å². The molecule has 6 heteroatoms. The van der Waals surface area contributed by atoms with Gasteiger partial charge in [0.1, 0.15) is 0 Å². The number of rotatable bonds is 4. The van der Waals surface area contributed by atoms with E-state index in [0.29, 0.717) is 6.42 Å². The molecule has 0 spiro atoms. The van der Waals surface area contributed by atoms with Crippen molar-refractivity contribution in [3.8, 4) is 0 Å². The number of aromatic nitrogens is 2. The Morgan fingerprint density at radius 2 is 2.20 bits per heavy atom. The van der Waals surface area contributed by atoms with Crippen molar-refractivity contribution in [2.75, 3.05) is 0 Å². The lowest BCUT2D eigenvalue weighted by atomic mass is 9.76. The summed E-state index contributed by atoms with van der Waals surface area (Å²) in [6.45, 7) is 0. The maximum Gasteiger partial charge on any atom is 0.391 e. The maximum absolute atomic E-state index is 12.8. The molecule has 1 fully saturated rings. The highest BCUT2D eigenvalue weighted by Gasteiger charge is 2.43. The third kappa shape index (κ3) is 3.75. The lowest BCUT2D eigenvalue weighted by molar-refractivity contribution is -0.186. The molecule has 1 aliphatic rings. The predicted molar refractivity (Wildman–Crippen MR) is 71.0 cm³/mol. The minimum atomic E-state index is -4.07. The number of alkyl halides is 3. The van der Waals surface area contributed by atoms with E-state index in [1.54, 1.807) is 10.9 Å². The molecule has 3 nitrogen and oxygen atoms in total. The topological polar surface area (TPSA) is 43.8 Å². The Bertz CT molecular complexity index is 428. The van der Waals surface area contributed by atoms with Gasteiger partial charge in [0.2, 0.25) is 0 Å². The quantitative estimate of drug-likeness (QED) is 0.926. The Balaban J connectivity index is 1.86. The van der Waals surface area contributed by atoms with Crippen LogP contribution in [0.1, 0.15) is 37.8 Å². The van der Waals surface area contributed by atoms with E-state index in [1.165, 1.54) is 0 Å². The minimum Gasteiger partial charge on any atom is -0.327 e. The fourth-order valence-corrected chi connectivity index (χ4v) is 3.11. The van der Waals surface area contributed by atoms with Gasteiger partial charge < -0.3 is 5.73 Å². The summed E-state index contributed by atoms with van der Waals surface area (Å²) in [5.41, 5.74) is 7.20. The van der Waals surface area contributed by atoms with Gasteiger partial charge in [0.05, 0.1) is 5.92 Å². The van der Waals surface area contributed by atoms with Crippen LogP contribution in [0.4, 0.5) is 13.2 Å². The number of nitrogens with two attached hydrogens (primary N) is 1. The van der Waals surface area contributed by atoms with Gasteiger partial charge in [-0.2, -0.15) is 18.3 Å². The summed E-state index contributed by atoms with van der Waals surface area (Å²) in [6.07, 6.45) is 1.04. The molecule has 0 amide bonds. The summed E-state index contributed by atoms with van der Waals surface area (Å²) >= 11 is 0. The van der Waals surface area contributed by atoms with E-state index < -0.39 is 12.1 Å². The molecule has 1 aromatic heterocycles. The second kappa shape index (κ2) is 6.16. The van der Waals surface area contributed by atoms with Gasteiger partial charge in [0.25, 0.3) is 0 Å². The van der Waals surface area contributed by atoms with Crippen LogP contribution in [0, 0.1) is 11.8 Å². The van der Waals surface area contributed by atoms with Gasteiger partial charge in [0.15, 0.2) is 0 Å². The molecule has 0 saturated heterocycles. The van der Waals surface area contributed by atoms with Gasteiger partial charge in [-0.05, 0) is 44.1 Å². The third-order valence-corrected chi connectivity index (χ3v) is 4.44. The highest BCUT2D eigenvalue weighted by Crippen LogP contribution is 2.41. The molecule has 3 unspecified atom stereocenters. The molecule has 0 aromatic carbocycles. The van der Waals surface area contributed by atoms with Crippen molar-refractivity contribution < 1.29 is 13.2 Å². The molecule has 1 saturated carbocycles. The first-order valence-corrected chi connectivity index (χ1v) is 7.17. The van der Waals surface area contributed by atoms with Crippen LogP contribution in [0.25, 0.3) is 0 Å². The Kier molecular flexibility index (Phi) is 4.73. The summed E-state index contributed by atoms with van der Waals surface area (Å²) in [4.78, 5) is 0. The molecule has 1 aliphatic carbocycles. The van der Waals surface area contributed by atoms with Crippen molar-refractivity contribution in [2.24, 2.45) is 24.6 Å². The fraction of sp³-hybridized carbons (Fsp3) is 0.786. The average Bonchev–Trinajstić information content (AvgIpc) is 2.81. The van der Waals surface area contributed by atoms with Crippen LogP contribution in [0.5, 0.6) is 0 Å². The van der Waals surface area contributed by atoms with Crippen molar-refractivity contribution in [1.82, 2.24) is 9.78 Å². The maximum atomic E-state index is 12.8. The number of hydrogen-bond donors (Lipinski definition) is 1. The van der Waals surface area contributed by atoms with Crippen LogP contribution in [-0.4, -0.2) is 22.0 Å². The zero-order valence-corrected chi connectivity index (χ0v) is 11.7. The molecule has 0 aliphatic heterocycles. The standard InChI is InChI=1S/C14H22F3N3/c1-20-12(7-8-19-20)5-6-13(18)10-3-2-4-11(9-10)14(15,16)17/h7-8,10-11,13H,2-6,9,18H2,1H3. The summed E-state index contributed by atoms with van der Waals surface area (Å²) in [6, 6.07) is 1.77. The summed E-state index contributed by atoms with van der Waals surface area (Å²) in [5.74, 6) is -1.17. The Morgan fingerprint density at radius 3 is 2.80 bits per heavy atom. The molecule has 3 atom stereocenters. The smallest absolute Gasteiger partial charge is 0.327 e. The minimum absolute atomic E-state index is 0.0106. The molecule has 2 rings (SSSR count). The van der Waals surface area contributed by atoms with Gasteiger partial charge in [-0.1, -0.05) is 6.42 Å². The third-order valence-electron chi connectivity index (χ3n) is 4.44. The molecule has 1 heterocycles. The normalized spacial score (nSPS) is 25.6. The molecule has 2 N–H and O–H groups in total. The van der Waals surface area contributed by atoms with E-state index in [-0.39, 0.29) is 24.8 Å². The van der Waals surface area contributed by atoms with Crippen LogP contribution in [0.15, 0.2) is 12.3 Å². The van der Waals surface area contributed by atoms with Crippen LogP contribution in [-0.2, 0) is 13.5 Å². The van der Waals surface area contributed by atoms with E-state index in [2.05, 4.69) is 5.10 Å². The van der Waals surface area contributed by atoms with Crippen LogP contribution >= 0.6 is 0 Å². The Morgan fingerprint density at radius 1 is 1.45 bits per heavy atom. The molecule has 1 aromatic rings. The lowest BCUT2D eigenvalue weighted by Gasteiger charge is -2.33. The molecule has 20 heavy (non-hydrogen) atoms. The summed E-state index contributed by atoms with van der Waals surface area (Å²) < 4.78 is 40.1. The Hall–Kier alpha value is -1.04. The molecule has 0 radical (unpaired) electrons. The Labute approximate surface area is 117 Å². The molecule has 0 bridgehead atoms. The van der Waals surface area contributed by atoms with Crippen molar-refractivity contribution >= 4 is 0 Å². The summed E-state index contributed by atoms with van der Waals surface area (Å²) in [5, 5.41) is 4.08. The number of aryl methyl sites for hydroxylation is 2. The fourth-order valence-electron chi connectivity index (χ4n) is 3.11. The molecular formula is C14H22F3N3. The van der Waals surface area contributed by atoms with Crippen LogP contribution in [0.3, 0.4) is 0 Å². The monoisotopic (exact) mass is 289 g/mol. The van der Waals surface area contributed by atoms with Crippen molar-refractivity contribution in [3.63, 3.8) is 0 Å². The first-order chi connectivity index (χ1) is 9.38. The second-order valence-electron chi connectivity index (χ2n) is 5.81. The zero-order valence-electron chi connectivity index (χ0n) is 11.7. The average molecular weight is 289 g/mol. The molecule has 114 valence electrons. The largest absolute Gasteiger partial charge is 0.391 e. The highest BCUT2D eigenvalue weighted by atomic mass is 19.4. The van der Waals surface area contributed by atoms with Gasteiger partial charge >= 0.3 is 6.18 Å². The second-order valence-corrected chi connectivity index (χ2v) is 5.81. The van der Waals surface area contributed by atoms with Gasteiger partial charge in [0, 0.05) is 25.0 Å². The van der Waals surface area contributed by atoms with Crippen molar-refractivity contribution in [1.29, 1.82) is 0 Å². The zero-order chi connectivity index (χ0) is 14.8. The van der Waals surface area contributed by atoms with E-state index in [4.69, 9.17) is 5.73 Å². The number of halogens is 3. The van der Waals surface area contributed by atoms with Crippen LogP contribution < -0.4 is 5.73 Å². The SMILES string of the molecule is Cn1nccc1CCC(N)C1CCCC(C(F)(F)F)C1.